The zero-order valence-corrected chi connectivity index (χ0v) is 9.98. The van der Waals surface area contributed by atoms with Gasteiger partial charge in [-0.15, -0.1) is 0 Å². The number of nitrogens with one attached hydrogen (secondary N) is 1. The Morgan fingerprint density at radius 3 is 2.89 bits per heavy atom. The van der Waals surface area contributed by atoms with Crippen molar-refractivity contribution in [2.24, 2.45) is 0 Å². The minimum absolute atomic E-state index is 0.00930. The summed E-state index contributed by atoms with van der Waals surface area (Å²) in [5.41, 5.74) is 0.864. The second kappa shape index (κ2) is 5.48. The van der Waals surface area contributed by atoms with E-state index in [-0.39, 0.29) is 11.9 Å². The molecule has 2 rings (SSSR count). The van der Waals surface area contributed by atoms with Crippen molar-refractivity contribution in [2.75, 3.05) is 0 Å². The van der Waals surface area contributed by atoms with Gasteiger partial charge in [0.25, 0.3) is 0 Å². The summed E-state index contributed by atoms with van der Waals surface area (Å²) >= 11 is 0. The predicted molar refractivity (Wildman–Crippen MR) is 65.1 cm³/mol. The number of halogens is 1. The maximum absolute atomic E-state index is 13.6. The Bertz CT molecular complexity index is 558. The molecule has 0 aliphatic rings. The van der Waals surface area contributed by atoms with Gasteiger partial charge in [-0.25, -0.2) is 4.39 Å². The Hall–Kier alpha value is -2.12. The van der Waals surface area contributed by atoms with Gasteiger partial charge >= 0.3 is 0 Å². The quantitative estimate of drug-likeness (QED) is 0.898. The Labute approximate surface area is 105 Å². The number of furan rings is 1. The monoisotopic (exact) mass is 244 g/mol. The third-order valence-corrected chi connectivity index (χ3v) is 2.75. The lowest BCUT2D eigenvalue weighted by Gasteiger charge is -2.11. The lowest BCUT2D eigenvalue weighted by molar-refractivity contribution is 0.427. The van der Waals surface area contributed by atoms with E-state index in [1.54, 1.807) is 18.4 Å². The maximum atomic E-state index is 13.6. The Balaban J connectivity index is 2.00. The van der Waals surface area contributed by atoms with Crippen molar-refractivity contribution in [3.63, 3.8) is 0 Å². The topological polar surface area (TPSA) is 49.0 Å². The molecule has 0 fully saturated rings. The first-order valence-corrected chi connectivity index (χ1v) is 5.66. The summed E-state index contributed by atoms with van der Waals surface area (Å²) in [7, 11) is 0. The highest BCUT2D eigenvalue weighted by Gasteiger charge is 2.09. The first-order valence-electron chi connectivity index (χ1n) is 5.66. The Morgan fingerprint density at radius 1 is 1.44 bits per heavy atom. The number of rotatable bonds is 4. The molecule has 0 aliphatic heterocycles. The molecule has 0 aliphatic carbocycles. The summed E-state index contributed by atoms with van der Waals surface area (Å²) in [6, 6.07) is 10.1. The van der Waals surface area contributed by atoms with Crippen LogP contribution in [0.4, 0.5) is 4.39 Å². The van der Waals surface area contributed by atoms with Crippen molar-refractivity contribution in [3.8, 4) is 6.07 Å². The van der Waals surface area contributed by atoms with E-state index < -0.39 is 0 Å². The van der Waals surface area contributed by atoms with E-state index in [2.05, 4.69) is 5.32 Å². The van der Waals surface area contributed by atoms with Crippen LogP contribution in [0, 0.1) is 17.1 Å². The highest BCUT2D eigenvalue weighted by molar-refractivity contribution is 5.32. The molecule has 0 saturated heterocycles. The standard InChI is InChI=1S/C14H13FN2O/c1-10(14-3-2-6-18-14)17-9-12-5-4-11(8-16)7-13(12)15/h2-7,10,17H,9H2,1H3/t10-/m1/s1. The molecule has 18 heavy (non-hydrogen) atoms. The molecule has 0 saturated carbocycles. The summed E-state index contributed by atoms with van der Waals surface area (Å²) in [5.74, 6) is 0.442. The summed E-state index contributed by atoms with van der Waals surface area (Å²) in [6.45, 7) is 2.33. The number of nitrogens with zero attached hydrogens (tertiary/aromatic N) is 1. The summed E-state index contributed by atoms with van der Waals surface area (Å²) < 4.78 is 18.9. The third kappa shape index (κ3) is 2.76. The lowest BCUT2D eigenvalue weighted by atomic mass is 10.1. The van der Waals surface area contributed by atoms with Crippen LogP contribution >= 0.6 is 0 Å². The second-order valence-corrected chi connectivity index (χ2v) is 4.04. The fourth-order valence-electron chi connectivity index (χ4n) is 1.66. The highest BCUT2D eigenvalue weighted by Crippen LogP contribution is 2.15. The van der Waals surface area contributed by atoms with Gasteiger partial charge in [0.05, 0.1) is 23.9 Å². The SMILES string of the molecule is C[C@@H](NCc1ccc(C#N)cc1F)c1ccco1. The molecular weight excluding hydrogens is 231 g/mol. The average molecular weight is 244 g/mol. The van der Waals surface area contributed by atoms with Crippen molar-refractivity contribution in [1.82, 2.24) is 5.32 Å². The highest BCUT2D eigenvalue weighted by atomic mass is 19.1. The van der Waals surface area contributed by atoms with Crippen LogP contribution < -0.4 is 5.32 Å². The minimum atomic E-state index is -0.367. The molecule has 0 spiro atoms. The van der Waals surface area contributed by atoms with Gasteiger partial charge in [-0.1, -0.05) is 6.07 Å². The third-order valence-electron chi connectivity index (χ3n) is 2.75. The number of nitriles is 1. The van der Waals surface area contributed by atoms with E-state index in [4.69, 9.17) is 9.68 Å². The van der Waals surface area contributed by atoms with Crippen molar-refractivity contribution in [2.45, 2.75) is 19.5 Å². The molecule has 0 bridgehead atoms. The molecule has 4 heteroatoms. The molecular formula is C14H13FN2O. The van der Waals surface area contributed by atoms with Gasteiger partial charge in [-0.05, 0) is 31.2 Å². The van der Waals surface area contributed by atoms with Crippen LogP contribution in [0.5, 0.6) is 0 Å². The first-order chi connectivity index (χ1) is 8.70. The van der Waals surface area contributed by atoms with E-state index in [0.29, 0.717) is 17.7 Å². The number of benzene rings is 1. The molecule has 0 amide bonds. The van der Waals surface area contributed by atoms with Gasteiger partial charge in [-0.2, -0.15) is 5.26 Å². The van der Waals surface area contributed by atoms with Gasteiger partial charge in [0.15, 0.2) is 0 Å². The summed E-state index contributed by atoms with van der Waals surface area (Å²) in [6.07, 6.45) is 1.61. The number of hydrogen-bond acceptors (Lipinski definition) is 3. The Morgan fingerprint density at radius 2 is 2.28 bits per heavy atom. The van der Waals surface area contributed by atoms with Crippen molar-refractivity contribution < 1.29 is 8.81 Å². The van der Waals surface area contributed by atoms with Crippen LogP contribution in [0.1, 0.15) is 29.9 Å². The second-order valence-electron chi connectivity index (χ2n) is 4.04. The van der Waals surface area contributed by atoms with Crippen LogP contribution in [0.2, 0.25) is 0 Å². The molecule has 0 radical (unpaired) electrons. The van der Waals surface area contributed by atoms with Crippen LogP contribution in [0.15, 0.2) is 41.0 Å². The van der Waals surface area contributed by atoms with E-state index >= 15 is 0 Å². The van der Waals surface area contributed by atoms with E-state index in [9.17, 15) is 4.39 Å². The fraction of sp³-hybridized carbons (Fsp3) is 0.214. The molecule has 1 N–H and O–H groups in total. The Kier molecular flexibility index (Phi) is 3.75. The van der Waals surface area contributed by atoms with Crippen LogP contribution in [0.3, 0.4) is 0 Å². The van der Waals surface area contributed by atoms with Gasteiger partial charge in [0, 0.05) is 12.1 Å². The maximum Gasteiger partial charge on any atom is 0.129 e. The van der Waals surface area contributed by atoms with E-state index in [0.717, 1.165) is 5.76 Å². The smallest absolute Gasteiger partial charge is 0.129 e. The molecule has 0 unspecified atom stereocenters. The largest absolute Gasteiger partial charge is 0.468 e. The van der Waals surface area contributed by atoms with E-state index in [1.807, 2.05) is 25.1 Å². The molecule has 1 heterocycles. The van der Waals surface area contributed by atoms with Gasteiger partial charge in [0.2, 0.25) is 0 Å². The summed E-state index contributed by atoms with van der Waals surface area (Å²) in [4.78, 5) is 0. The van der Waals surface area contributed by atoms with Crippen LogP contribution in [-0.4, -0.2) is 0 Å². The van der Waals surface area contributed by atoms with E-state index in [1.165, 1.54) is 6.07 Å². The van der Waals surface area contributed by atoms with Gasteiger partial charge in [-0.3, -0.25) is 0 Å². The number of hydrogen-bond donors (Lipinski definition) is 1. The van der Waals surface area contributed by atoms with Gasteiger partial charge < -0.3 is 9.73 Å². The zero-order valence-electron chi connectivity index (χ0n) is 9.98. The van der Waals surface area contributed by atoms with Crippen molar-refractivity contribution >= 4 is 0 Å². The van der Waals surface area contributed by atoms with Crippen molar-refractivity contribution in [3.05, 3.63) is 59.3 Å². The molecule has 2 aromatic rings. The first kappa shape index (κ1) is 12.3. The molecule has 3 nitrogen and oxygen atoms in total. The molecule has 1 atom stereocenters. The van der Waals surface area contributed by atoms with Crippen molar-refractivity contribution in [1.29, 1.82) is 5.26 Å². The molecule has 92 valence electrons. The lowest BCUT2D eigenvalue weighted by Crippen LogP contribution is -2.18. The van der Waals surface area contributed by atoms with Crippen LogP contribution in [0.25, 0.3) is 0 Å². The molecule has 1 aromatic heterocycles. The fourth-order valence-corrected chi connectivity index (χ4v) is 1.66. The average Bonchev–Trinajstić information content (AvgIpc) is 2.90. The normalized spacial score (nSPS) is 12.1. The van der Waals surface area contributed by atoms with Gasteiger partial charge in [0.1, 0.15) is 11.6 Å². The minimum Gasteiger partial charge on any atom is -0.468 e. The predicted octanol–water partition coefficient (Wildman–Crippen LogP) is 3.14. The zero-order chi connectivity index (χ0) is 13.0. The summed E-state index contributed by atoms with van der Waals surface area (Å²) in [5, 5.41) is 11.8. The molecule has 1 aromatic carbocycles. The van der Waals surface area contributed by atoms with Crippen LogP contribution in [-0.2, 0) is 6.54 Å².